The third-order valence-electron chi connectivity index (χ3n) is 2.88. The van der Waals surface area contributed by atoms with Crippen molar-refractivity contribution in [3.05, 3.63) is 33.9 Å². The van der Waals surface area contributed by atoms with Crippen LogP contribution in [0.1, 0.15) is 24.6 Å². The van der Waals surface area contributed by atoms with Crippen LogP contribution in [-0.4, -0.2) is 4.98 Å². The van der Waals surface area contributed by atoms with Gasteiger partial charge >= 0.3 is 0 Å². The van der Waals surface area contributed by atoms with Gasteiger partial charge in [0.05, 0.1) is 11.2 Å². The predicted molar refractivity (Wildman–Crippen MR) is 76.0 cm³/mol. The maximum Gasteiger partial charge on any atom is 0.0766 e. The first-order chi connectivity index (χ1) is 8.17. The minimum atomic E-state index is 0.939. The highest BCUT2D eigenvalue weighted by Gasteiger charge is 2.08. The van der Waals surface area contributed by atoms with E-state index in [0.29, 0.717) is 0 Å². The van der Waals surface area contributed by atoms with Gasteiger partial charge in [0, 0.05) is 15.6 Å². The Morgan fingerprint density at radius 2 is 2.18 bits per heavy atom. The van der Waals surface area contributed by atoms with Gasteiger partial charge in [-0.2, -0.15) is 0 Å². The van der Waals surface area contributed by atoms with Crippen LogP contribution in [0.15, 0.2) is 22.7 Å². The molecule has 0 aliphatic rings. The van der Waals surface area contributed by atoms with E-state index >= 15 is 0 Å². The number of hydrogen-bond donors (Lipinski definition) is 2. The standard InChI is InChI=1S/C13H16BrN3/c1-3-4-9-7-12(17-15)10-5-6-11(14)8(2)13(10)16-9/h5-7H,3-4,15H2,1-2H3,(H,16,17). The van der Waals surface area contributed by atoms with E-state index in [4.69, 9.17) is 10.8 Å². The smallest absolute Gasteiger partial charge is 0.0766 e. The lowest BCUT2D eigenvalue weighted by molar-refractivity contribution is 0.889. The number of aryl methyl sites for hydroxylation is 2. The van der Waals surface area contributed by atoms with Gasteiger partial charge in [-0.3, -0.25) is 10.8 Å². The fourth-order valence-corrected chi connectivity index (χ4v) is 2.28. The Hall–Kier alpha value is -1.13. The zero-order valence-electron chi connectivity index (χ0n) is 10.0. The zero-order valence-corrected chi connectivity index (χ0v) is 11.6. The van der Waals surface area contributed by atoms with Crippen molar-refractivity contribution in [1.29, 1.82) is 0 Å². The minimum absolute atomic E-state index is 0.939. The first-order valence-electron chi connectivity index (χ1n) is 5.72. The normalized spacial score (nSPS) is 10.8. The second-order valence-corrected chi connectivity index (χ2v) is 4.98. The molecule has 0 amide bonds. The molecule has 0 bridgehead atoms. The van der Waals surface area contributed by atoms with E-state index in [1.165, 1.54) is 0 Å². The summed E-state index contributed by atoms with van der Waals surface area (Å²) in [6.45, 7) is 4.21. The van der Waals surface area contributed by atoms with Crippen molar-refractivity contribution in [1.82, 2.24) is 4.98 Å². The average Bonchev–Trinajstić information content (AvgIpc) is 2.34. The molecule has 0 aliphatic carbocycles. The number of pyridine rings is 1. The van der Waals surface area contributed by atoms with Crippen molar-refractivity contribution in [3.63, 3.8) is 0 Å². The number of halogens is 1. The molecule has 0 unspecified atom stereocenters. The van der Waals surface area contributed by atoms with Gasteiger partial charge < -0.3 is 5.43 Å². The summed E-state index contributed by atoms with van der Waals surface area (Å²) in [4.78, 5) is 4.71. The highest BCUT2D eigenvalue weighted by Crippen LogP contribution is 2.29. The number of hydrazine groups is 1. The number of rotatable bonds is 3. The van der Waals surface area contributed by atoms with Crippen LogP contribution >= 0.6 is 15.9 Å². The van der Waals surface area contributed by atoms with Gasteiger partial charge in [-0.1, -0.05) is 29.3 Å². The van der Waals surface area contributed by atoms with Crippen molar-refractivity contribution in [2.24, 2.45) is 5.84 Å². The van der Waals surface area contributed by atoms with Crippen LogP contribution in [0.5, 0.6) is 0 Å². The Kier molecular flexibility index (Phi) is 3.64. The molecule has 1 aromatic carbocycles. The number of fused-ring (bicyclic) bond motifs is 1. The summed E-state index contributed by atoms with van der Waals surface area (Å²) < 4.78 is 1.08. The van der Waals surface area contributed by atoms with E-state index in [1.807, 2.05) is 18.2 Å². The fourth-order valence-electron chi connectivity index (χ4n) is 1.96. The summed E-state index contributed by atoms with van der Waals surface area (Å²) in [5.74, 6) is 5.58. The number of aromatic nitrogens is 1. The summed E-state index contributed by atoms with van der Waals surface area (Å²) in [5.41, 5.74) is 6.94. The van der Waals surface area contributed by atoms with Crippen LogP contribution in [0.2, 0.25) is 0 Å². The molecule has 0 fully saturated rings. The van der Waals surface area contributed by atoms with Crippen LogP contribution < -0.4 is 11.3 Å². The van der Waals surface area contributed by atoms with Crippen LogP contribution in [0.3, 0.4) is 0 Å². The molecule has 3 nitrogen and oxygen atoms in total. The Bertz CT molecular complexity index is 552. The molecular weight excluding hydrogens is 278 g/mol. The number of nitrogens with zero attached hydrogens (tertiary/aromatic N) is 1. The molecule has 1 heterocycles. The molecule has 2 aromatic rings. The van der Waals surface area contributed by atoms with E-state index in [9.17, 15) is 0 Å². The lowest BCUT2D eigenvalue weighted by Crippen LogP contribution is -2.08. The molecule has 3 N–H and O–H groups in total. The van der Waals surface area contributed by atoms with Gasteiger partial charge in [-0.25, -0.2) is 0 Å². The van der Waals surface area contributed by atoms with Gasteiger partial charge in [-0.05, 0) is 37.1 Å². The molecule has 0 saturated carbocycles. The number of nitrogen functional groups attached to an aromatic ring is 1. The Balaban J connectivity index is 2.73. The van der Waals surface area contributed by atoms with Gasteiger partial charge in [0.2, 0.25) is 0 Å². The predicted octanol–water partition coefficient (Wildman–Crippen LogP) is 3.54. The lowest BCUT2D eigenvalue weighted by Gasteiger charge is -2.11. The van der Waals surface area contributed by atoms with E-state index in [0.717, 1.165) is 45.2 Å². The largest absolute Gasteiger partial charge is 0.323 e. The highest BCUT2D eigenvalue weighted by atomic mass is 79.9. The van der Waals surface area contributed by atoms with Crippen LogP contribution in [0, 0.1) is 6.92 Å². The van der Waals surface area contributed by atoms with E-state index in [1.54, 1.807) is 0 Å². The molecule has 90 valence electrons. The third kappa shape index (κ3) is 2.28. The van der Waals surface area contributed by atoms with E-state index < -0.39 is 0 Å². The summed E-state index contributed by atoms with van der Waals surface area (Å²) in [6, 6.07) is 6.09. The number of nitrogens with one attached hydrogen (secondary N) is 1. The van der Waals surface area contributed by atoms with Crippen molar-refractivity contribution < 1.29 is 0 Å². The molecule has 0 atom stereocenters. The number of benzene rings is 1. The van der Waals surface area contributed by atoms with Crippen LogP contribution in [0.4, 0.5) is 5.69 Å². The van der Waals surface area contributed by atoms with Crippen molar-refractivity contribution >= 4 is 32.5 Å². The fraction of sp³-hybridized carbons (Fsp3) is 0.308. The molecule has 2 rings (SSSR count). The number of anilines is 1. The monoisotopic (exact) mass is 293 g/mol. The maximum atomic E-state index is 5.58. The number of nitrogens with two attached hydrogens (primary N) is 1. The lowest BCUT2D eigenvalue weighted by atomic mass is 10.1. The van der Waals surface area contributed by atoms with Gasteiger partial charge in [0.1, 0.15) is 0 Å². The first kappa shape index (κ1) is 12.3. The van der Waals surface area contributed by atoms with E-state index in [2.05, 4.69) is 35.2 Å². The van der Waals surface area contributed by atoms with Gasteiger partial charge in [0.15, 0.2) is 0 Å². The van der Waals surface area contributed by atoms with Crippen molar-refractivity contribution in [3.8, 4) is 0 Å². The summed E-state index contributed by atoms with van der Waals surface area (Å²) in [6.07, 6.45) is 2.05. The molecule has 0 saturated heterocycles. The highest BCUT2D eigenvalue weighted by molar-refractivity contribution is 9.10. The summed E-state index contributed by atoms with van der Waals surface area (Å²) >= 11 is 3.53. The molecule has 4 heteroatoms. The maximum absolute atomic E-state index is 5.58. The van der Waals surface area contributed by atoms with Gasteiger partial charge in [-0.15, -0.1) is 0 Å². The van der Waals surface area contributed by atoms with E-state index in [-0.39, 0.29) is 0 Å². The van der Waals surface area contributed by atoms with Crippen molar-refractivity contribution in [2.45, 2.75) is 26.7 Å². The second kappa shape index (κ2) is 5.02. The molecule has 0 aliphatic heterocycles. The van der Waals surface area contributed by atoms with Crippen molar-refractivity contribution in [2.75, 3.05) is 5.43 Å². The first-order valence-corrected chi connectivity index (χ1v) is 6.52. The average molecular weight is 294 g/mol. The van der Waals surface area contributed by atoms with Crippen LogP contribution in [-0.2, 0) is 6.42 Å². The topological polar surface area (TPSA) is 50.9 Å². The van der Waals surface area contributed by atoms with Crippen LogP contribution in [0.25, 0.3) is 10.9 Å². The molecule has 0 spiro atoms. The zero-order chi connectivity index (χ0) is 12.4. The molecule has 0 radical (unpaired) electrons. The second-order valence-electron chi connectivity index (χ2n) is 4.12. The molecule has 17 heavy (non-hydrogen) atoms. The summed E-state index contributed by atoms with van der Waals surface area (Å²) in [5, 5.41) is 1.06. The molecular formula is C13H16BrN3. The Morgan fingerprint density at radius 3 is 2.82 bits per heavy atom. The Morgan fingerprint density at radius 1 is 1.41 bits per heavy atom. The number of hydrogen-bond acceptors (Lipinski definition) is 3. The minimum Gasteiger partial charge on any atom is -0.323 e. The Labute approximate surface area is 110 Å². The third-order valence-corrected chi connectivity index (χ3v) is 3.74. The van der Waals surface area contributed by atoms with Gasteiger partial charge in [0.25, 0.3) is 0 Å². The SMILES string of the molecule is CCCc1cc(NN)c2ccc(Br)c(C)c2n1. The summed E-state index contributed by atoms with van der Waals surface area (Å²) in [7, 11) is 0. The molecule has 1 aromatic heterocycles. The quantitative estimate of drug-likeness (QED) is 0.672.